The quantitative estimate of drug-likeness (QED) is 0.791. The van der Waals surface area contributed by atoms with Crippen LogP contribution in [0.15, 0.2) is 30.3 Å². The van der Waals surface area contributed by atoms with Crippen molar-refractivity contribution < 1.29 is 14.7 Å². The number of carboxylic acids is 1. The Labute approximate surface area is 125 Å². The van der Waals surface area contributed by atoms with E-state index in [4.69, 9.17) is 5.11 Å². The molecule has 0 heterocycles. The Balaban J connectivity index is 1.63. The summed E-state index contributed by atoms with van der Waals surface area (Å²) >= 11 is 0. The minimum atomic E-state index is -0.725. The average Bonchev–Trinajstić information content (AvgIpc) is 2.52. The van der Waals surface area contributed by atoms with Crippen LogP contribution in [0.2, 0.25) is 0 Å². The molecule has 114 valence electrons. The Kier molecular flexibility index (Phi) is 5.78. The van der Waals surface area contributed by atoms with Crippen LogP contribution in [-0.2, 0) is 16.0 Å². The summed E-state index contributed by atoms with van der Waals surface area (Å²) in [6.07, 6.45) is 4.53. The van der Waals surface area contributed by atoms with Gasteiger partial charge in [-0.05, 0) is 44.1 Å². The average molecular weight is 289 g/mol. The van der Waals surface area contributed by atoms with E-state index in [-0.39, 0.29) is 17.7 Å². The third kappa shape index (κ3) is 4.88. The lowest BCUT2D eigenvalue weighted by atomic mass is 9.81. The van der Waals surface area contributed by atoms with Gasteiger partial charge < -0.3 is 10.4 Å². The smallest absolute Gasteiger partial charge is 0.306 e. The molecule has 4 heteroatoms. The van der Waals surface area contributed by atoms with Crippen LogP contribution < -0.4 is 5.32 Å². The molecule has 1 aliphatic carbocycles. The third-order valence-electron chi connectivity index (χ3n) is 4.23. The number of aryl methyl sites for hydroxylation is 1. The lowest BCUT2D eigenvalue weighted by molar-refractivity contribution is -0.144. The summed E-state index contributed by atoms with van der Waals surface area (Å²) in [6, 6.07) is 10.2. The molecule has 0 radical (unpaired) electrons. The summed E-state index contributed by atoms with van der Waals surface area (Å²) in [5, 5.41) is 11.9. The van der Waals surface area contributed by atoms with Gasteiger partial charge in [-0.2, -0.15) is 0 Å². The van der Waals surface area contributed by atoms with Crippen LogP contribution in [0.5, 0.6) is 0 Å². The molecule has 1 amide bonds. The molecule has 1 fully saturated rings. The topological polar surface area (TPSA) is 66.4 Å². The molecule has 2 N–H and O–H groups in total. The van der Waals surface area contributed by atoms with Gasteiger partial charge in [-0.25, -0.2) is 0 Å². The second kappa shape index (κ2) is 7.81. The van der Waals surface area contributed by atoms with Gasteiger partial charge in [0.25, 0.3) is 0 Å². The summed E-state index contributed by atoms with van der Waals surface area (Å²) in [4.78, 5) is 22.9. The number of carboxylic acid groups (broad SMARTS) is 1. The summed E-state index contributed by atoms with van der Waals surface area (Å²) in [5.74, 6) is -0.895. The molecule has 1 aliphatic rings. The number of amides is 1. The van der Waals surface area contributed by atoms with Crippen LogP contribution in [0.1, 0.15) is 37.7 Å². The number of rotatable bonds is 6. The zero-order valence-corrected chi connectivity index (χ0v) is 12.3. The number of carbonyl (C=O) groups is 2. The molecule has 0 aliphatic heterocycles. The Morgan fingerprint density at radius 3 is 2.29 bits per heavy atom. The van der Waals surface area contributed by atoms with E-state index in [1.807, 2.05) is 18.2 Å². The molecule has 4 nitrogen and oxygen atoms in total. The van der Waals surface area contributed by atoms with Crippen molar-refractivity contribution in [3.8, 4) is 0 Å². The zero-order valence-electron chi connectivity index (χ0n) is 12.3. The van der Waals surface area contributed by atoms with Crippen LogP contribution in [0.25, 0.3) is 0 Å². The van der Waals surface area contributed by atoms with E-state index in [1.54, 1.807) is 0 Å². The standard InChI is InChI=1S/C17H23NO3/c19-16(14-8-10-15(11-9-14)17(20)21)18-12-4-7-13-5-2-1-3-6-13/h1-3,5-6,14-15H,4,7-12H2,(H,18,19)(H,20,21). The summed E-state index contributed by atoms with van der Waals surface area (Å²) in [5.41, 5.74) is 1.29. The zero-order chi connectivity index (χ0) is 15.1. The van der Waals surface area contributed by atoms with E-state index in [0.29, 0.717) is 32.2 Å². The summed E-state index contributed by atoms with van der Waals surface area (Å²) < 4.78 is 0. The number of nitrogens with one attached hydrogen (secondary N) is 1. The minimum Gasteiger partial charge on any atom is -0.481 e. The van der Waals surface area contributed by atoms with Crippen molar-refractivity contribution in [2.24, 2.45) is 11.8 Å². The van der Waals surface area contributed by atoms with Crippen molar-refractivity contribution in [1.82, 2.24) is 5.32 Å². The van der Waals surface area contributed by atoms with Crippen LogP contribution in [0.4, 0.5) is 0 Å². The first-order valence-electron chi connectivity index (χ1n) is 7.71. The Morgan fingerprint density at radius 2 is 1.67 bits per heavy atom. The fourth-order valence-electron chi connectivity index (χ4n) is 2.90. The SMILES string of the molecule is O=C(O)C1CCC(C(=O)NCCCc2ccccc2)CC1. The maximum atomic E-state index is 12.0. The molecule has 1 saturated carbocycles. The Bertz CT molecular complexity index is 464. The molecule has 0 spiro atoms. The van der Waals surface area contributed by atoms with Gasteiger partial charge in [0.05, 0.1) is 5.92 Å². The summed E-state index contributed by atoms with van der Waals surface area (Å²) in [6.45, 7) is 0.687. The lowest BCUT2D eigenvalue weighted by Crippen LogP contribution is -2.35. The predicted octanol–water partition coefficient (Wildman–Crippen LogP) is 2.63. The van der Waals surface area contributed by atoms with Crippen molar-refractivity contribution in [2.45, 2.75) is 38.5 Å². The molecule has 1 aromatic rings. The van der Waals surface area contributed by atoms with Crippen LogP contribution >= 0.6 is 0 Å². The first kappa shape index (κ1) is 15.5. The van der Waals surface area contributed by atoms with E-state index in [0.717, 1.165) is 12.8 Å². The maximum absolute atomic E-state index is 12.0. The highest BCUT2D eigenvalue weighted by atomic mass is 16.4. The molecular weight excluding hydrogens is 266 g/mol. The molecule has 0 unspecified atom stereocenters. The first-order chi connectivity index (χ1) is 10.2. The van der Waals surface area contributed by atoms with Crippen LogP contribution in [0, 0.1) is 11.8 Å². The monoisotopic (exact) mass is 289 g/mol. The largest absolute Gasteiger partial charge is 0.481 e. The van der Waals surface area contributed by atoms with Gasteiger partial charge in [0.15, 0.2) is 0 Å². The third-order valence-corrected chi connectivity index (χ3v) is 4.23. The van der Waals surface area contributed by atoms with Crippen molar-refractivity contribution in [3.63, 3.8) is 0 Å². The molecule has 0 atom stereocenters. The van der Waals surface area contributed by atoms with Crippen molar-refractivity contribution in [2.75, 3.05) is 6.54 Å². The second-order valence-electron chi connectivity index (χ2n) is 5.77. The normalized spacial score (nSPS) is 21.7. The second-order valence-corrected chi connectivity index (χ2v) is 5.77. The van der Waals surface area contributed by atoms with Gasteiger partial charge in [-0.3, -0.25) is 9.59 Å². The van der Waals surface area contributed by atoms with Gasteiger partial charge in [-0.15, -0.1) is 0 Å². The number of aliphatic carboxylic acids is 1. The van der Waals surface area contributed by atoms with Crippen molar-refractivity contribution in [3.05, 3.63) is 35.9 Å². The van der Waals surface area contributed by atoms with Crippen LogP contribution in [0.3, 0.4) is 0 Å². The number of hydrogen-bond acceptors (Lipinski definition) is 2. The highest BCUT2D eigenvalue weighted by Crippen LogP contribution is 2.28. The van der Waals surface area contributed by atoms with E-state index >= 15 is 0 Å². The predicted molar refractivity (Wildman–Crippen MR) is 80.9 cm³/mol. The van der Waals surface area contributed by atoms with Crippen LogP contribution in [-0.4, -0.2) is 23.5 Å². The molecule has 1 aromatic carbocycles. The van der Waals surface area contributed by atoms with Gasteiger partial charge >= 0.3 is 5.97 Å². The molecule has 2 rings (SSSR count). The Hall–Kier alpha value is -1.84. The minimum absolute atomic E-state index is 0.00248. The number of hydrogen-bond donors (Lipinski definition) is 2. The van der Waals surface area contributed by atoms with Crippen molar-refractivity contribution in [1.29, 1.82) is 0 Å². The van der Waals surface area contributed by atoms with E-state index in [2.05, 4.69) is 17.4 Å². The molecule has 0 saturated heterocycles. The molecular formula is C17H23NO3. The van der Waals surface area contributed by atoms with Crippen molar-refractivity contribution >= 4 is 11.9 Å². The maximum Gasteiger partial charge on any atom is 0.306 e. The van der Waals surface area contributed by atoms with Gasteiger partial charge in [0.2, 0.25) is 5.91 Å². The fraction of sp³-hybridized carbons (Fsp3) is 0.529. The fourth-order valence-corrected chi connectivity index (χ4v) is 2.90. The Morgan fingerprint density at radius 1 is 1.05 bits per heavy atom. The van der Waals surface area contributed by atoms with Gasteiger partial charge in [-0.1, -0.05) is 30.3 Å². The molecule has 0 bridgehead atoms. The van der Waals surface area contributed by atoms with Gasteiger partial charge in [0, 0.05) is 12.5 Å². The number of carbonyl (C=O) groups excluding carboxylic acids is 1. The first-order valence-corrected chi connectivity index (χ1v) is 7.71. The molecule has 0 aromatic heterocycles. The highest BCUT2D eigenvalue weighted by Gasteiger charge is 2.29. The summed E-state index contributed by atoms with van der Waals surface area (Å²) in [7, 11) is 0. The lowest BCUT2D eigenvalue weighted by Gasteiger charge is -2.25. The highest BCUT2D eigenvalue weighted by molar-refractivity contribution is 5.79. The van der Waals surface area contributed by atoms with E-state index in [9.17, 15) is 9.59 Å². The van der Waals surface area contributed by atoms with Gasteiger partial charge in [0.1, 0.15) is 0 Å². The number of benzene rings is 1. The van der Waals surface area contributed by atoms with E-state index in [1.165, 1.54) is 5.56 Å². The molecule has 21 heavy (non-hydrogen) atoms. The van der Waals surface area contributed by atoms with E-state index < -0.39 is 5.97 Å².